The lowest BCUT2D eigenvalue weighted by Crippen LogP contribution is -2.33. The second kappa shape index (κ2) is 37.9. The van der Waals surface area contributed by atoms with Gasteiger partial charge in [-0.25, -0.2) is 47.4 Å². The fourth-order valence-electron chi connectivity index (χ4n) is 15.0. The number of aromatic amines is 5. The molecule has 5 fully saturated rings. The number of aryl methyl sites for hydroxylation is 2. The maximum atomic E-state index is 14.6. The van der Waals surface area contributed by atoms with Gasteiger partial charge in [0.1, 0.15) is 105 Å². The number of fused-ring (bicyclic) bond motifs is 3. The van der Waals surface area contributed by atoms with Crippen molar-refractivity contribution in [3.8, 4) is 11.5 Å². The second-order valence-corrected chi connectivity index (χ2v) is 37.0. The topological polar surface area (TPSA) is 742 Å². The maximum Gasteiger partial charge on any atom is 0.472 e. The average Bonchev–Trinajstić information content (AvgIpc) is 1.63. The lowest BCUT2D eigenvalue weighted by Gasteiger charge is -2.26. The third kappa shape index (κ3) is 21.7. The number of hydrogen-bond acceptors (Lipinski definition) is 38. The van der Waals surface area contributed by atoms with Gasteiger partial charge in [-0.05, 0) is 42.7 Å². The number of anilines is 3. The van der Waals surface area contributed by atoms with Crippen LogP contribution in [0.3, 0.4) is 0 Å². The molecule has 4 unspecified atom stereocenters. The normalized spacial score (nSPS) is 25.5. The number of hydrogen-bond donors (Lipinski definition) is 14. The zero-order valence-corrected chi connectivity index (χ0v) is 72.1. The molecule has 8 aromatic heterocycles. The quantitative estimate of drug-likeness (QED) is 0.0248. The van der Waals surface area contributed by atoms with Crippen molar-refractivity contribution >= 4 is 90.5 Å². The molecular weight excluding hydrogens is 1830 g/mol. The van der Waals surface area contributed by atoms with Crippen molar-refractivity contribution in [2.45, 2.75) is 158 Å². The number of imidazole rings is 3. The Morgan fingerprint density at radius 2 is 0.700 bits per heavy atom. The number of phosphoric acid groups is 5. The Kier molecular flexibility index (Phi) is 27.0. The van der Waals surface area contributed by atoms with E-state index in [1.165, 1.54) is 24.6 Å². The maximum absolute atomic E-state index is 14.6. The van der Waals surface area contributed by atoms with Crippen LogP contribution in [0.25, 0.3) is 33.5 Å². The summed E-state index contributed by atoms with van der Waals surface area (Å²) in [5.41, 5.74) is 12.8. The van der Waals surface area contributed by atoms with Gasteiger partial charge in [-0.15, -0.1) is 0 Å². The number of phosphoric ester groups is 5. The van der Waals surface area contributed by atoms with Gasteiger partial charge in [0.15, 0.2) is 45.0 Å². The van der Waals surface area contributed by atoms with Crippen LogP contribution in [0.4, 0.5) is 17.8 Å². The van der Waals surface area contributed by atoms with Crippen LogP contribution < -0.4 is 65.9 Å². The number of benzene rings is 3. The summed E-state index contributed by atoms with van der Waals surface area (Å²) in [6, 6.07) is 23.9. The number of H-pyrrole nitrogens is 5. The van der Waals surface area contributed by atoms with Crippen LogP contribution in [0.5, 0.6) is 11.5 Å². The summed E-state index contributed by atoms with van der Waals surface area (Å²) in [6.07, 6.45) is -20.5. The highest BCUT2D eigenvalue weighted by Crippen LogP contribution is 2.56. The molecule has 0 aliphatic carbocycles. The van der Waals surface area contributed by atoms with Crippen LogP contribution in [0, 0.1) is 13.8 Å². The van der Waals surface area contributed by atoms with E-state index in [9.17, 15) is 85.7 Å². The van der Waals surface area contributed by atoms with E-state index in [-0.39, 0.29) is 89.4 Å². The number of nitrogen functional groups attached to an aromatic ring is 3. The van der Waals surface area contributed by atoms with Crippen molar-refractivity contribution in [3.63, 3.8) is 0 Å². The molecule has 5 saturated heterocycles. The molecule has 13 heterocycles. The fourth-order valence-corrected chi connectivity index (χ4v) is 19.4. The smallest absolute Gasteiger partial charge is 0.472 e. The number of ether oxygens (including phenoxy) is 8. The summed E-state index contributed by atoms with van der Waals surface area (Å²) in [7, 11) is -27.7. The van der Waals surface area contributed by atoms with Crippen molar-refractivity contribution in [2.24, 2.45) is 0 Å². The molecule has 5 aliphatic rings. The van der Waals surface area contributed by atoms with Gasteiger partial charge in [0.2, 0.25) is 17.8 Å². The highest BCUT2D eigenvalue weighted by atomic mass is 31.2. The molecule has 54 nitrogen and oxygen atoms in total. The summed E-state index contributed by atoms with van der Waals surface area (Å²) in [4.78, 5) is 193. The van der Waals surface area contributed by atoms with E-state index >= 15 is 0 Å². The Hall–Kier alpha value is -10.6. The Labute approximate surface area is 726 Å². The molecule has 3 aromatic carbocycles. The molecule has 17 N–H and O–H groups in total. The molecule has 0 spiro atoms. The minimum Gasteiger partial charge on any atom is -0.485 e. The van der Waals surface area contributed by atoms with Crippen LogP contribution in [0.2, 0.25) is 0 Å². The van der Waals surface area contributed by atoms with Crippen molar-refractivity contribution in [3.05, 3.63) is 211 Å². The first-order valence-corrected chi connectivity index (χ1v) is 46.8. The Bertz CT molecular complexity index is 6750. The van der Waals surface area contributed by atoms with Gasteiger partial charge in [0.25, 0.3) is 27.8 Å². The number of aromatic nitrogens is 16. The van der Waals surface area contributed by atoms with Crippen molar-refractivity contribution < 1.29 is 131 Å². The summed E-state index contributed by atoms with van der Waals surface area (Å²) in [6.45, 7) is -1.71. The zero-order valence-electron chi connectivity index (χ0n) is 67.7. The predicted octanol–water partition coefficient (Wildman–Crippen LogP) is 2.15. The molecule has 19 atom stereocenters. The van der Waals surface area contributed by atoms with Crippen LogP contribution in [-0.4, -0.2) is 201 Å². The first kappa shape index (κ1) is 92.6. The van der Waals surface area contributed by atoms with E-state index in [2.05, 4.69) is 54.8 Å². The van der Waals surface area contributed by atoms with E-state index in [0.717, 1.165) is 54.6 Å². The second-order valence-electron chi connectivity index (χ2n) is 30.2. The highest BCUT2D eigenvalue weighted by Gasteiger charge is 2.51. The molecular formula is C71H82N19O35P5. The lowest BCUT2D eigenvalue weighted by atomic mass is 10.2. The molecule has 0 amide bonds. The van der Waals surface area contributed by atoms with E-state index in [1.807, 2.05) is 60.7 Å². The zero-order chi connectivity index (χ0) is 92.0. The van der Waals surface area contributed by atoms with E-state index in [0.29, 0.717) is 17.1 Å². The molecule has 16 rings (SSSR count). The van der Waals surface area contributed by atoms with E-state index < -0.39 is 229 Å². The third-order valence-electron chi connectivity index (χ3n) is 21.1. The van der Waals surface area contributed by atoms with Gasteiger partial charge in [-0.3, -0.25) is 112 Å². The van der Waals surface area contributed by atoms with Crippen LogP contribution in [0.15, 0.2) is 144 Å². The molecule has 130 heavy (non-hydrogen) atoms. The Morgan fingerprint density at radius 3 is 1.04 bits per heavy atom. The number of rotatable bonds is 37. The molecule has 59 heteroatoms. The van der Waals surface area contributed by atoms with Crippen molar-refractivity contribution in [1.82, 2.24) is 77.7 Å². The van der Waals surface area contributed by atoms with Crippen molar-refractivity contribution in [2.75, 3.05) is 50.2 Å². The molecule has 696 valence electrons. The standard InChI is InChI=1S/C71H82N19O35P5/c1-34-21-86(70(96)84-62(34)91)51-17-42(46(116-51)26-109-23-38-13-14-39(110-24-36-9-5-3-6-10-36)40(15-38)111-25-37-11-7-4-8-12-37)122-127(101,102)113-28-48-43(18-52(117-48)87-22-35(2)63(92)85-71(87)97)123-129(105,106)114-29-49-45(20-55(119-49)90-33-77-58-61(90)80-69(74)83-66(58)95)125-130(107,108)115-30-50-44(19-54(120-50)89-32-76-57-60(89)79-68(73)82-65(57)94)124-128(103,104)112-27-47-41(121-126(98,99)100)16-53(118-47)88-31-75-56-59(88)78-67(72)81-64(56)93/h3-15,21-22,31-33,41-55H,16-20,23-30H2,1-2H3,(H,101,102)(H,103,104)(H,105,106)(H,107,108)(H,84,91,96)(H,85,92,97)(H2,98,99,100)(H3,72,78,81,93)(H3,73,79,82,94)(H3,74,80,83,95)/t41-,42-,43-,44-,45-,46+,47+,48+,49+,50+,51+,52+,53+,54+,55+/m0/s1. The minimum absolute atomic E-state index is 0.0202. The summed E-state index contributed by atoms with van der Waals surface area (Å²) in [5.74, 6) is -0.337. The number of nitrogens with one attached hydrogen (secondary N) is 5. The van der Waals surface area contributed by atoms with Crippen LogP contribution >= 0.6 is 39.1 Å². The molecule has 0 bridgehead atoms. The lowest BCUT2D eigenvalue weighted by molar-refractivity contribution is -0.0715. The van der Waals surface area contributed by atoms with E-state index in [4.69, 9.17) is 95.8 Å². The third-order valence-corrected chi connectivity index (χ3v) is 25.7. The summed E-state index contributed by atoms with van der Waals surface area (Å²) >= 11 is 0. The van der Waals surface area contributed by atoms with Gasteiger partial charge in [0.05, 0.1) is 58.6 Å². The average molecular weight is 1920 g/mol. The molecule has 11 aromatic rings. The minimum atomic E-state index is -5.67. The van der Waals surface area contributed by atoms with Gasteiger partial charge in [-0.1, -0.05) is 66.7 Å². The van der Waals surface area contributed by atoms with Crippen LogP contribution in [-0.2, 0) is 112 Å². The molecule has 5 aliphatic heterocycles. The largest absolute Gasteiger partial charge is 0.485 e. The predicted molar refractivity (Wildman–Crippen MR) is 440 cm³/mol. The van der Waals surface area contributed by atoms with E-state index in [1.54, 1.807) is 18.2 Å². The first-order chi connectivity index (χ1) is 61.8. The van der Waals surface area contributed by atoms with Crippen LogP contribution in [0.1, 0.15) is 91.1 Å². The van der Waals surface area contributed by atoms with Gasteiger partial charge < -0.3 is 84.5 Å². The number of nitrogens with zero attached hydrogens (tertiary/aromatic N) is 11. The summed E-state index contributed by atoms with van der Waals surface area (Å²) in [5, 5.41) is 0. The van der Waals surface area contributed by atoms with Crippen molar-refractivity contribution in [1.29, 1.82) is 0 Å². The Morgan fingerprint density at radius 1 is 0.385 bits per heavy atom. The monoisotopic (exact) mass is 1920 g/mol. The molecule has 0 radical (unpaired) electrons. The highest BCUT2D eigenvalue weighted by molar-refractivity contribution is 7.48. The summed E-state index contributed by atoms with van der Waals surface area (Å²) < 4.78 is 175. The van der Waals surface area contributed by atoms with Gasteiger partial charge in [0, 0.05) is 55.6 Å². The number of nitrogens with two attached hydrogens (primary N) is 3. The fraction of sp³-hybridized carbons (Fsp3) is 0.423. The first-order valence-electron chi connectivity index (χ1n) is 39.3. The molecule has 0 saturated carbocycles. The van der Waals surface area contributed by atoms with Gasteiger partial charge in [-0.2, -0.15) is 15.0 Å². The van der Waals surface area contributed by atoms with Gasteiger partial charge >= 0.3 is 50.5 Å². The SMILES string of the molecule is Cc1cn([C@H]2C[C@H](OP(=O)(O)OC[C@H]3O[C@@H](n4cc(C)c(=O)[nH]c4=O)C[C@@H]3OP(=O)(O)OC[C@H]3O[C@@H](n4cnc5c(=O)[nH]c(N)nc54)C[C@@H]3OP(=O)(O)OC[C@H]3O[C@@H](n4cnc5c(=O)[nH]c(N)nc54)C[C@@H]3OP(=O)(O)OC[C@H]3O[C@@H](n4cnc5c(=O)[nH]c(N)nc54)C[C@@H]3OP(=O)(O)O)[C@@H](COCc3ccc(OCc4ccccc4)c(OCc4ccccc4)c3)O2)c(=O)[nH]c1=O. The Balaban J connectivity index is 0.615.